The molecule has 0 spiro atoms. The van der Waals surface area contributed by atoms with Gasteiger partial charge < -0.3 is 19.2 Å². The highest BCUT2D eigenvalue weighted by Gasteiger charge is 2.15. The first-order chi connectivity index (χ1) is 11.7. The number of hydrogen-bond acceptors (Lipinski definition) is 4. The molecule has 24 heavy (non-hydrogen) atoms. The van der Waals surface area contributed by atoms with Crippen LogP contribution in [0.2, 0.25) is 0 Å². The summed E-state index contributed by atoms with van der Waals surface area (Å²) < 4.78 is 13.0. The standard InChI is InChI=1S/C18H17N3O3/c1-12-3-2-4-17-20-14(11-21(12)17)10-19-18(22)13-5-6-15-16(9-13)24-8-7-23-15/h2-6,9,11H,7-8,10H2,1H3,(H,19,22). The number of aryl methyl sites for hydroxylation is 1. The molecule has 0 aliphatic carbocycles. The Morgan fingerprint density at radius 3 is 2.88 bits per heavy atom. The van der Waals surface area contributed by atoms with Crippen molar-refractivity contribution in [2.24, 2.45) is 0 Å². The Kier molecular flexibility index (Phi) is 3.57. The highest BCUT2D eigenvalue weighted by atomic mass is 16.6. The monoisotopic (exact) mass is 323 g/mol. The van der Waals surface area contributed by atoms with Crippen molar-refractivity contribution in [1.82, 2.24) is 14.7 Å². The van der Waals surface area contributed by atoms with E-state index in [0.29, 0.717) is 36.8 Å². The van der Waals surface area contributed by atoms with Gasteiger partial charge in [-0.25, -0.2) is 4.98 Å². The van der Waals surface area contributed by atoms with Crippen LogP contribution in [0.15, 0.2) is 42.6 Å². The van der Waals surface area contributed by atoms with Crippen molar-refractivity contribution >= 4 is 11.6 Å². The molecule has 0 bridgehead atoms. The maximum absolute atomic E-state index is 12.3. The highest BCUT2D eigenvalue weighted by molar-refractivity contribution is 5.94. The third-order valence-electron chi connectivity index (χ3n) is 3.98. The summed E-state index contributed by atoms with van der Waals surface area (Å²) in [5.41, 5.74) is 3.33. The van der Waals surface area contributed by atoms with E-state index >= 15 is 0 Å². The third kappa shape index (κ3) is 2.67. The van der Waals surface area contributed by atoms with Gasteiger partial charge in [-0.05, 0) is 37.3 Å². The molecule has 0 unspecified atom stereocenters. The Morgan fingerprint density at radius 2 is 2.04 bits per heavy atom. The smallest absolute Gasteiger partial charge is 0.251 e. The number of nitrogens with zero attached hydrogens (tertiary/aromatic N) is 2. The molecule has 6 nitrogen and oxygen atoms in total. The number of imidazole rings is 1. The predicted molar refractivity (Wildman–Crippen MR) is 88.5 cm³/mol. The lowest BCUT2D eigenvalue weighted by molar-refractivity contribution is 0.0949. The summed E-state index contributed by atoms with van der Waals surface area (Å²) >= 11 is 0. The van der Waals surface area contributed by atoms with Crippen LogP contribution in [0.5, 0.6) is 11.5 Å². The summed E-state index contributed by atoms with van der Waals surface area (Å²) in [6.07, 6.45) is 1.94. The summed E-state index contributed by atoms with van der Waals surface area (Å²) in [6.45, 7) is 3.42. The first kappa shape index (κ1) is 14.6. The second kappa shape index (κ2) is 5.88. The zero-order valence-corrected chi connectivity index (χ0v) is 13.3. The first-order valence-corrected chi connectivity index (χ1v) is 7.82. The van der Waals surface area contributed by atoms with E-state index in [0.717, 1.165) is 17.0 Å². The number of benzene rings is 1. The van der Waals surface area contributed by atoms with Gasteiger partial charge in [0.2, 0.25) is 0 Å². The van der Waals surface area contributed by atoms with Crippen molar-refractivity contribution in [3.05, 3.63) is 59.5 Å². The number of fused-ring (bicyclic) bond motifs is 2. The Balaban J connectivity index is 1.48. The van der Waals surface area contributed by atoms with E-state index in [2.05, 4.69) is 10.3 Å². The van der Waals surface area contributed by atoms with Crippen molar-refractivity contribution < 1.29 is 14.3 Å². The number of carbonyl (C=O) groups excluding carboxylic acids is 1. The molecule has 122 valence electrons. The van der Waals surface area contributed by atoms with Crippen LogP contribution in [0.4, 0.5) is 0 Å². The van der Waals surface area contributed by atoms with Crippen LogP contribution in [0.1, 0.15) is 21.7 Å². The molecular weight excluding hydrogens is 306 g/mol. The lowest BCUT2D eigenvalue weighted by Gasteiger charge is -2.18. The van der Waals surface area contributed by atoms with Gasteiger partial charge in [0.25, 0.3) is 5.91 Å². The van der Waals surface area contributed by atoms with Gasteiger partial charge in [0.05, 0.1) is 12.2 Å². The van der Waals surface area contributed by atoms with Crippen LogP contribution in [0, 0.1) is 6.92 Å². The number of nitrogens with one attached hydrogen (secondary N) is 1. The number of aromatic nitrogens is 2. The average Bonchev–Trinajstić information content (AvgIpc) is 3.04. The van der Waals surface area contributed by atoms with E-state index in [1.54, 1.807) is 18.2 Å². The fourth-order valence-corrected chi connectivity index (χ4v) is 2.74. The SMILES string of the molecule is Cc1cccc2nc(CNC(=O)c3ccc4c(c3)OCCO4)cn12. The topological polar surface area (TPSA) is 64.9 Å². The van der Waals surface area contributed by atoms with Gasteiger partial charge in [0, 0.05) is 17.5 Å². The average molecular weight is 323 g/mol. The fourth-order valence-electron chi connectivity index (χ4n) is 2.74. The van der Waals surface area contributed by atoms with Gasteiger partial charge in [-0.3, -0.25) is 4.79 Å². The van der Waals surface area contributed by atoms with Crippen molar-refractivity contribution in [2.75, 3.05) is 13.2 Å². The molecule has 3 heterocycles. The molecule has 0 radical (unpaired) electrons. The summed E-state index contributed by atoms with van der Waals surface area (Å²) in [5.74, 6) is 1.12. The van der Waals surface area contributed by atoms with Crippen LogP contribution < -0.4 is 14.8 Å². The van der Waals surface area contributed by atoms with Crippen LogP contribution in [-0.4, -0.2) is 28.5 Å². The van der Waals surface area contributed by atoms with E-state index in [4.69, 9.17) is 9.47 Å². The molecule has 1 N–H and O–H groups in total. The van der Waals surface area contributed by atoms with Gasteiger partial charge in [-0.1, -0.05) is 6.07 Å². The quantitative estimate of drug-likeness (QED) is 0.803. The lowest BCUT2D eigenvalue weighted by atomic mass is 10.2. The molecule has 3 aromatic rings. The van der Waals surface area contributed by atoms with E-state index in [1.807, 2.05) is 35.7 Å². The highest BCUT2D eigenvalue weighted by Crippen LogP contribution is 2.30. The zero-order chi connectivity index (χ0) is 16.5. The molecule has 0 atom stereocenters. The minimum atomic E-state index is -0.166. The Morgan fingerprint density at radius 1 is 1.21 bits per heavy atom. The zero-order valence-electron chi connectivity index (χ0n) is 13.3. The lowest BCUT2D eigenvalue weighted by Crippen LogP contribution is -2.23. The van der Waals surface area contributed by atoms with Crippen molar-refractivity contribution in [2.45, 2.75) is 13.5 Å². The van der Waals surface area contributed by atoms with E-state index in [1.165, 1.54) is 0 Å². The van der Waals surface area contributed by atoms with Crippen LogP contribution in [0.25, 0.3) is 5.65 Å². The van der Waals surface area contributed by atoms with Gasteiger partial charge >= 0.3 is 0 Å². The maximum Gasteiger partial charge on any atom is 0.251 e. The Bertz CT molecular complexity index is 917. The Labute approximate surface area is 139 Å². The normalized spacial score (nSPS) is 13.0. The van der Waals surface area contributed by atoms with Crippen molar-refractivity contribution in [3.63, 3.8) is 0 Å². The van der Waals surface area contributed by atoms with E-state index in [9.17, 15) is 4.79 Å². The number of rotatable bonds is 3. The molecule has 1 amide bonds. The van der Waals surface area contributed by atoms with E-state index < -0.39 is 0 Å². The summed E-state index contributed by atoms with van der Waals surface area (Å²) in [7, 11) is 0. The van der Waals surface area contributed by atoms with Crippen molar-refractivity contribution in [3.8, 4) is 11.5 Å². The first-order valence-electron chi connectivity index (χ1n) is 7.82. The molecule has 0 saturated heterocycles. The van der Waals surface area contributed by atoms with Gasteiger partial charge in [0.1, 0.15) is 18.9 Å². The number of amides is 1. The second-order valence-electron chi connectivity index (χ2n) is 5.67. The minimum absolute atomic E-state index is 0.166. The molecule has 2 aromatic heterocycles. The second-order valence-corrected chi connectivity index (χ2v) is 5.67. The molecule has 4 rings (SSSR count). The molecule has 6 heteroatoms. The van der Waals surface area contributed by atoms with Gasteiger partial charge in [-0.2, -0.15) is 0 Å². The van der Waals surface area contributed by atoms with Crippen LogP contribution in [-0.2, 0) is 6.54 Å². The summed E-state index contributed by atoms with van der Waals surface area (Å²) in [5, 5.41) is 2.89. The molecule has 1 aliphatic heterocycles. The van der Waals surface area contributed by atoms with E-state index in [-0.39, 0.29) is 5.91 Å². The molecular formula is C18H17N3O3. The third-order valence-corrected chi connectivity index (χ3v) is 3.98. The molecule has 1 aliphatic rings. The fraction of sp³-hybridized carbons (Fsp3) is 0.222. The minimum Gasteiger partial charge on any atom is -0.486 e. The number of pyridine rings is 1. The number of hydrogen-bond donors (Lipinski definition) is 1. The number of carbonyl (C=O) groups is 1. The van der Waals surface area contributed by atoms with Crippen LogP contribution in [0.3, 0.4) is 0 Å². The largest absolute Gasteiger partial charge is 0.486 e. The van der Waals surface area contributed by atoms with Gasteiger partial charge in [0.15, 0.2) is 11.5 Å². The summed E-state index contributed by atoms with van der Waals surface area (Å²) in [6, 6.07) is 11.1. The van der Waals surface area contributed by atoms with Crippen LogP contribution >= 0.6 is 0 Å². The van der Waals surface area contributed by atoms with Gasteiger partial charge in [-0.15, -0.1) is 0 Å². The molecule has 1 aromatic carbocycles. The van der Waals surface area contributed by atoms with Crippen molar-refractivity contribution in [1.29, 1.82) is 0 Å². The molecule has 0 fully saturated rings. The molecule has 0 saturated carbocycles. The predicted octanol–water partition coefficient (Wildman–Crippen LogP) is 2.34. The summed E-state index contributed by atoms with van der Waals surface area (Å²) in [4.78, 5) is 16.9. The maximum atomic E-state index is 12.3. The number of ether oxygens (including phenoxy) is 2. The Hall–Kier alpha value is -3.02.